The molecule has 0 aromatic heterocycles. The minimum absolute atomic E-state index is 0.0996. The highest BCUT2D eigenvalue weighted by atomic mass is 16.5. The second kappa shape index (κ2) is 9.49. The molecule has 0 spiro atoms. The molecule has 4 saturated carbocycles. The molecule has 0 saturated heterocycles. The van der Waals surface area contributed by atoms with Crippen molar-refractivity contribution >= 4 is 11.9 Å². The fourth-order valence-corrected chi connectivity index (χ4v) is 9.60. The van der Waals surface area contributed by atoms with Crippen LogP contribution in [-0.2, 0) is 14.3 Å². The molecule has 4 rings (SSSR count). The average Bonchev–Trinajstić information content (AvgIpc) is 3.04. The Morgan fingerprint density at radius 2 is 1.73 bits per heavy atom. The summed E-state index contributed by atoms with van der Waals surface area (Å²) in [6, 6.07) is -0.240. The Labute approximate surface area is 221 Å². The molecule has 4 fully saturated rings. The molecule has 0 aromatic rings. The number of hydrogen-bond donors (Lipinski definition) is 4. The van der Waals surface area contributed by atoms with Gasteiger partial charge in [-0.15, -0.1) is 0 Å². The van der Waals surface area contributed by atoms with Gasteiger partial charge < -0.3 is 25.8 Å². The summed E-state index contributed by atoms with van der Waals surface area (Å²) in [4.78, 5) is 24.8. The van der Waals surface area contributed by atoms with Crippen LogP contribution in [0.3, 0.4) is 0 Å². The number of ether oxygens (including phenoxy) is 1. The standard InChI is InChI=1S/C30H47NO6/c1-15(2)8-9-18(27(35)36)25-20-12-22(34)26-28(5,29(20,6)14-23(25)37-17(4)32)11-10-19-16(3)21(33)13-24(31)30(19,26)7/h8,16,19-24,26,33-34H,9-14,31H2,1-7H3,(H,35,36)/b25-18-/t16-,19-,20-,21+,22+,23-,24-,26+,28-,29-,30+/m0/s1. The van der Waals surface area contributed by atoms with Crippen LogP contribution in [0.25, 0.3) is 0 Å². The number of nitrogens with two attached hydrogens (primary N) is 1. The van der Waals surface area contributed by atoms with Gasteiger partial charge in [-0.2, -0.15) is 0 Å². The number of rotatable bonds is 4. The summed E-state index contributed by atoms with van der Waals surface area (Å²) in [7, 11) is 0. The summed E-state index contributed by atoms with van der Waals surface area (Å²) >= 11 is 0. The van der Waals surface area contributed by atoms with Crippen LogP contribution in [0.2, 0.25) is 0 Å². The van der Waals surface area contributed by atoms with Crippen molar-refractivity contribution in [1.82, 2.24) is 0 Å². The van der Waals surface area contributed by atoms with Gasteiger partial charge in [-0.3, -0.25) is 4.79 Å². The maximum atomic E-state index is 12.6. The van der Waals surface area contributed by atoms with Crippen molar-refractivity contribution in [1.29, 1.82) is 0 Å². The van der Waals surface area contributed by atoms with Gasteiger partial charge in [0.05, 0.1) is 12.2 Å². The van der Waals surface area contributed by atoms with Gasteiger partial charge in [0.25, 0.3) is 0 Å². The molecule has 7 nitrogen and oxygen atoms in total. The summed E-state index contributed by atoms with van der Waals surface area (Å²) in [5.74, 6) is -1.44. The second-order valence-corrected chi connectivity index (χ2v) is 13.5. The van der Waals surface area contributed by atoms with E-state index in [1.54, 1.807) is 0 Å². The monoisotopic (exact) mass is 517 g/mol. The number of carboxylic acid groups (broad SMARTS) is 1. The third kappa shape index (κ3) is 4.11. The van der Waals surface area contributed by atoms with Crippen molar-refractivity contribution in [3.05, 3.63) is 22.8 Å². The number of aliphatic hydroxyl groups excluding tert-OH is 2. The predicted molar refractivity (Wildman–Crippen MR) is 141 cm³/mol. The van der Waals surface area contributed by atoms with E-state index in [9.17, 15) is 24.9 Å². The molecule has 0 amide bonds. The second-order valence-electron chi connectivity index (χ2n) is 13.5. The van der Waals surface area contributed by atoms with Crippen LogP contribution in [0.15, 0.2) is 22.8 Å². The molecule has 0 aromatic carbocycles. The molecule has 7 heteroatoms. The summed E-state index contributed by atoms with van der Waals surface area (Å²) in [5.41, 5.74) is 7.71. The van der Waals surface area contributed by atoms with Crippen LogP contribution in [0.1, 0.15) is 87.0 Å². The number of hydrogen-bond acceptors (Lipinski definition) is 6. The summed E-state index contributed by atoms with van der Waals surface area (Å²) in [6.07, 6.45) is 3.63. The lowest BCUT2D eigenvalue weighted by molar-refractivity contribution is -0.239. The molecule has 0 aliphatic heterocycles. The first-order valence-corrected chi connectivity index (χ1v) is 14.0. The smallest absolute Gasteiger partial charge is 0.331 e. The van der Waals surface area contributed by atoms with E-state index in [1.165, 1.54) is 6.92 Å². The predicted octanol–water partition coefficient (Wildman–Crippen LogP) is 4.21. The molecular formula is C30H47NO6. The highest BCUT2D eigenvalue weighted by molar-refractivity contribution is 5.88. The first-order chi connectivity index (χ1) is 17.1. The number of fused-ring (bicyclic) bond motifs is 5. The number of carboxylic acids is 1. The van der Waals surface area contributed by atoms with Gasteiger partial charge in [0.2, 0.25) is 0 Å². The van der Waals surface area contributed by atoms with Crippen molar-refractivity contribution < 1.29 is 29.6 Å². The van der Waals surface area contributed by atoms with Gasteiger partial charge in [-0.05, 0) is 97.9 Å². The number of carbonyl (C=O) groups is 2. The van der Waals surface area contributed by atoms with Crippen molar-refractivity contribution in [2.45, 2.75) is 111 Å². The zero-order valence-corrected chi connectivity index (χ0v) is 23.6. The van der Waals surface area contributed by atoms with Crippen LogP contribution in [0, 0.1) is 39.9 Å². The van der Waals surface area contributed by atoms with Crippen molar-refractivity contribution in [3.8, 4) is 0 Å². The minimum atomic E-state index is -0.997. The Morgan fingerprint density at radius 3 is 2.30 bits per heavy atom. The molecule has 0 radical (unpaired) electrons. The quantitative estimate of drug-likeness (QED) is 0.250. The van der Waals surface area contributed by atoms with Gasteiger partial charge in [-0.25, -0.2) is 4.79 Å². The molecule has 37 heavy (non-hydrogen) atoms. The lowest BCUT2D eigenvalue weighted by Crippen LogP contribution is -2.70. The molecule has 5 N–H and O–H groups in total. The van der Waals surface area contributed by atoms with Crippen LogP contribution >= 0.6 is 0 Å². The van der Waals surface area contributed by atoms with Crippen LogP contribution in [0.4, 0.5) is 0 Å². The third-order valence-corrected chi connectivity index (χ3v) is 11.6. The average molecular weight is 518 g/mol. The highest BCUT2D eigenvalue weighted by Crippen LogP contribution is 2.74. The Kier molecular flexibility index (Phi) is 7.26. The lowest BCUT2D eigenvalue weighted by atomic mass is 9.35. The van der Waals surface area contributed by atoms with Crippen molar-refractivity contribution in [2.75, 3.05) is 0 Å². The fourth-order valence-electron chi connectivity index (χ4n) is 9.60. The van der Waals surface area contributed by atoms with Gasteiger partial charge in [-0.1, -0.05) is 39.3 Å². The molecule has 0 unspecified atom stereocenters. The Balaban J connectivity index is 1.87. The minimum Gasteiger partial charge on any atom is -0.478 e. The molecule has 208 valence electrons. The highest BCUT2D eigenvalue weighted by Gasteiger charge is 2.72. The van der Waals surface area contributed by atoms with Gasteiger partial charge in [0.15, 0.2) is 0 Å². The largest absolute Gasteiger partial charge is 0.478 e. The number of allylic oxidation sites excluding steroid dienone is 2. The molecular weight excluding hydrogens is 470 g/mol. The van der Waals surface area contributed by atoms with Gasteiger partial charge in [0.1, 0.15) is 6.10 Å². The third-order valence-electron chi connectivity index (χ3n) is 11.6. The maximum Gasteiger partial charge on any atom is 0.331 e. The molecule has 0 heterocycles. The van der Waals surface area contributed by atoms with Gasteiger partial charge in [0, 0.05) is 18.5 Å². The zero-order chi connectivity index (χ0) is 27.7. The van der Waals surface area contributed by atoms with Crippen molar-refractivity contribution in [2.24, 2.45) is 45.7 Å². The lowest BCUT2D eigenvalue weighted by Gasteiger charge is -2.70. The summed E-state index contributed by atoms with van der Waals surface area (Å²) in [6.45, 7) is 14.0. The number of esters is 1. The SMILES string of the molecule is CC(=O)O[C@H]1C[C@@]2(C)[C@@H](C[C@@H](O)[C@H]3[C@@]4(C)[C@@H](N)C[C@@H](O)[C@@H](C)[C@@H]4CC[C@@]32C)/C1=C(\CC=C(C)C)C(=O)O. The van der Waals surface area contributed by atoms with E-state index in [0.29, 0.717) is 24.8 Å². The van der Waals surface area contributed by atoms with E-state index in [1.807, 2.05) is 19.9 Å². The molecule has 4 aliphatic carbocycles. The number of aliphatic hydroxyl groups is 2. The van der Waals surface area contributed by atoms with E-state index in [-0.39, 0.29) is 58.0 Å². The summed E-state index contributed by atoms with van der Waals surface area (Å²) < 4.78 is 5.84. The van der Waals surface area contributed by atoms with E-state index in [2.05, 4.69) is 27.7 Å². The normalized spacial score (nSPS) is 48.3. The van der Waals surface area contributed by atoms with Crippen molar-refractivity contribution in [3.63, 3.8) is 0 Å². The van der Waals surface area contributed by atoms with E-state index in [0.717, 1.165) is 18.4 Å². The van der Waals surface area contributed by atoms with Gasteiger partial charge >= 0.3 is 11.9 Å². The number of carbonyl (C=O) groups excluding carboxylic acids is 1. The molecule has 4 aliphatic rings. The topological polar surface area (TPSA) is 130 Å². The molecule has 0 bridgehead atoms. The van der Waals surface area contributed by atoms with Crippen LogP contribution < -0.4 is 5.73 Å². The van der Waals surface area contributed by atoms with E-state index in [4.69, 9.17) is 10.5 Å². The fraction of sp³-hybridized carbons (Fsp3) is 0.800. The Morgan fingerprint density at radius 1 is 1.08 bits per heavy atom. The summed E-state index contributed by atoms with van der Waals surface area (Å²) in [5, 5.41) is 32.9. The first kappa shape index (κ1) is 28.3. The van der Waals surface area contributed by atoms with E-state index >= 15 is 0 Å². The Bertz CT molecular complexity index is 1020. The van der Waals surface area contributed by atoms with E-state index < -0.39 is 30.3 Å². The zero-order valence-electron chi connectivity index (χ0n) is 23.6. The van der Waals surface area contributed by atoms with Crippen LogP contribution in [0.5, 0.6) is 0 Å². The maximum absolute atomic E-state index is 12.6. The Hall–Kier alpha value is -1.70. The molecule has 11 atom stereocenters. The van der Waals surface area contributed by atoms with Crippen LogP contribution in [-0.4, -0.2) is 51.6 Å². The number of aliphatic carboxylic acids is 1. The first-order valence-electron chi connectivity index (χ1n) is 14.0.